The Kier molecular flexibility index (Phi) is 4.92. The van der Waals surface area contributed by atoms with E-state index in [2.05, 4.69) is 27.2 Å². The van der Waals surface area contributed by atoms with Gasteiger partial charge in [0.05, 0.1) is 6.54 Å². The van der Waals surface area contributed by atoms with Gasteiger partial charge in [0.2, 0.25) is 11.8 Å². The van der Waals surface area contributed by atoms with Crippen LogP contribution in [0.5, 0.6) is 0 Å². The van der Waals surface area contributed by atoms with Gasteiger partial charge in [-0.05, 0) is 44.2 Å². The van der Waals surface area contributed by atoms with Crippen LogP contribution in [-0.2, 0) is 17.8 Å². The van der Waals surface area contributed by atoms with Crippen LogP contribution in [0.2, 0.25) is 0 Å². The van der Waals surface area contributed by atoms with E-state index in [1.807, 2.05) is 18.2 Å². The van der Waals surface area contributed by atoms with Gasteiger partial charge in [-0.25, -0.2) is 0 Å². The van der Waals surface area contributed by atoms with Crippen molar-refractivity contribution in [2.24, 2.45) is 5.92 Å². The Balaban J connectivity index is 1.28. The van der Waals surface area contributed by atoms with Crippen LogP contribution in [0.4, 0.5) is 0 Å². The summed E-state index contributed by atoms with van der Waals surface area (Å²) in [6.45, 7) is 2.49. The third-order valence-electron chi connectivity index (χ3n) is 5.23. The van der Waals surface area contributed by atoms with Crippen molar-refractivity contribution in [2.75, 3.05) is 13.1 Å². The molecule has 132 valence electrons. The molecule has 1 atom stereocenters. The van der Waals surface area contributed by atoms with Gasteiger partial charge in [0.1, 0.15) is 5.78 Å². The highest BCUT2D eigenvalue weighted by atomic mass is 16.4. The lowest BCUT2D eigenvalue weighted by Gasteiger charge is -2.30. The highest BCUT2D eigenvalue weighted by molar-refractivity contribution is 5.81. The number of aromatic nitrogens is 2. The van der Waals surface area contributed by atoms with Gasteiger partial charge < -0.3 is 4.42 Å². The Labute approximate surface area is 148 Å². The predicted octanol–water partition coefficient (Wildman–Crippen LogP) is 3.36. The van der Waals surface area contributed by atoms with Gasteiger partial charge in [0.15, 0.2) is 0 Å². The summed E-state index contributed by atoms with van der Waals surface area (Å²) in [5.74, 6) is 2.51. The van der Waals surface area contributed by atoms with Crippen LogP contribution in [0.1, 0.15) is 55.4 Å². The molecule has 0 amide bonds. The molecule has 2 aliphatic rings. The van der Waals surface area contributed by atoms with Crippen molar-refractivity contribution in [3.05, 3.63) is 47.7 Å². The lowest BCUT2D eigenvalue weighted by Crippen LogP contribution is -2.38. The minimum atomic E-state index is 0.142. The molecule has 4 rings (SSSR count). The van der Waals surface area contributed by atoms with Gasteiger partial charge in [-0.15, -0.1) is 10.2 Å². The summed E-state index contributed by atoms with van der Waals surface area (Å²) in [6, 6.07) is 10.3. The maximum Gasteiger partial charge on any atom is 0.230 e. The second-order valence-corrected chi connectivity index (χ2v) is 7.33. The summed E-state index contributed by atoms with van der Waals surface area (Å²) >= 11 is 0. The van der Waals surface area contributed by atoms with Gasteiger partial charge >= 0.3 is 0 Å². The molecule has 5 nitrogen and oxygen atoms in total. The minimum absolute atomic E-state index is 0.142. The monoisotopic (exact) mass is 339 g/mol. The number of hydrogen-bond acceptors (Lipinski definition) is 5. The highest BCUT2D eigenvalue weighted by Gasteiger charge is 2.30. The smallest absolute Gasteiger partial charge is 0.230 e. The standard InChI is InChI=1S/C20H25N3O2/c24-18(11-8-15-5-2-1-3-6-15)17-7-4-12-23(13-17)14-19-21-22-20(25-19)16-9-10-16/h1-3,5-6,16-17H,4,7-14H2. The van der Waals surface area contributed by atoms with Crippen molar-refractivity contribution >= 4 is 5.78 Å². The van der Waals surface area contributed by atoms with Crippen LogP contribution < -0.4 is 0 Å². The minimum Gasteiger partial charge on any atom is -0.424 e. The van der Waals surface area contributed by atoms with Crippen LogP contribution in [0.15, 0.2) is 34.7 Å². The lowest BCUT2D eigenvalue weighted by atomic mass is 9.90. The van der Waals surface area contributed by atoms with Crippen molar-refractivity contribution in [3.63, 3.8) is 0 Å². The van der Waals surface area contributed by atoms with E-state index in [-0.39, 0.29) is 5.92 Å². The number of aryl methyl sites for hydroxylation is 1. The van der Waals surface area contributed by atoms with E-state index in [0.29, 0.717) is 30.6 Å². The molecular formula is C20H25N3O2. The first-order valence-corrected chi connectivity index (χ1v) is 9.39. The number of Topliss-reactive ketones (excluding diaryl/α,β-unsaturated/α-hetero) is 1. The SMILES string of the molecule is O=C(CCc1ccccc1)C1CCCN(Cc2nnc(C3CC3)o2)C1. The second kappa shape index (κ2) is 7.48. The van der Waals surface area contributed by atoms with Gasteiger partial charge in [-0.3, -0.25) is 9.69 Å². The molecule has 0 radical (unpaired) electrons. The summed E-state index contributed by atoms with van der Waals surface area (Å²) in [6.07, 6.45) is 5.87. The van der Waals surface area contributed by atoms with Crippen molar-refractivity contribution < 1.29 is 9.21 Å². The van der Waals surface area contributed by atoms with Gasteiger partial charge in [-0.2, -0.15) is 0 Å². The second-order valence-electron chi connectivity index (χ2n) is 7.33. The average molecular weight is 339 g/mol. The molecule has 1 aromatic carbocycles. The van der Waals surface area contributed by atoms with Crippen molar-refractivity contribution in [1.82, 2.24) is 15.1 Å². The third kappa shape index (κ3) is 4.34. The first-order chi connectivity index (χ1) is 12.3. The Bertz CT molecular complexity index is 709. The van der Waals surface area contributed by atoms with Crippen molar-refractivity contribution in [3.8, 4) is 0 Å². The fraction of sp³-hybridized carbons (Fsp3) is 0.550. The van der Waals surface area contributed by atoms with E-state index in [9.17, 15) is 4.79 Å². The number of piperidine rings is 1. The number of nitrogens with zero attached hydrogens (tertiary/aromatic N) is 3. The largest absolute Gasteiger partial charge is 0.424 e. The van der Waals surface area contributed by atoms with Crippen LogP contribution >= 0.6 is 0 Å². The van der Waals surface area contributed by atoms with Gasteiger partial charge in [-0.1, -0.05) is 30.3 Å². The molecule has 2 fully saturated rings. The van der Waals surface area contributed by atoms with Gasteiger partial charge in [0, 0.05) is 24.8 Å². The maximum atomic E-state index is 12.6. The third-order valence-corrected chi connectivity index (χ3v) is 5.23. The zero-order valence-electron chi connectivity index (χ0n) is 14.6. The molecule has 5 heteroatoms. The van der Waals surface area contributed by atoms with Crippen molar-refractivity contribution in [1.29, 1.82) is 0 Å². The molecule has 1 aliphatic heterocycles. The highest BCUT2D eigenvalue weighted by Crippen LogP contribution is 2.39. The zero-order chi connectivity index (χ0) is 17.1. The zero-order valence-corrected chi connectivity index (χ0v) is 14.6. The summed E-state index contributed by atoms with van der Waals surface area (Å²) in [5, 5.41) is 8.32. The molecule has 1 unspecified atom stereocenters. The molecule has 0 bridgehead atoms. The number of likely N-dealkylation sites (tertiary alicyclic amines) is 1. The Morgan fingerprint density at radius 2 is 2.00 bits per heavy atom. The first-order valence-electron chi connectivity index (χ1n) is 9.39. The molecule has 1 aliphatic carbocycles. The van der Waals surface area contributed by atoms with Crippen LogP contribution in [0.3, 0.4) is 0 Å². The van der Waals surface area contributed by atoms with Gasteiger partial charge in [0.25, 0.3) is 0 Å². The Morgan fingerprint density at radius 3 is 2.80 bits per heavy atom. The first kappa shape index (κ1) is 16.5. The Morgan fingerprint density at radius 1 is 1.16 bits per heavy atom. The predicted molar refractivity (Wildman–Crippen MR) is 94.0 cm³/mol. The fourth-order valence-electron chi connectivity index (χ4n) is 3.60. The van der Waals surface area contributed by atoms with Crippen molar-refractivity contribution in [2.45, 2.75) is 51.0 Å². The molecule has 0 N–H and O–H groups in total. The quantitative estimate of drug-likeness (QED) is 0.774. The molecule has 2 aromatic rings. The number of carbonyl (C=O) groups is 1. The number of ketones is 1. The van der Waals surface area contributed by atoms with Crippen LogP contribution in [-0.4, -0.2) is 34.0 Å². The number of rotatable bonds is 7. The molecule has 0 spiro atoms. The van der Waals surface area contributed by atoms with Crippen LogP contribution in [0, 0.1) is 5.92 Å². The molecule has 25 heavy (non-hydrogen) atoms. The normalized spacial score (nSPS) is 21.4. The average Bonchev–Trinajstić information content (AvgIpc) is 3.40. The van der Waals surface area contributed by atoms with E-state index < -0.39 is 0 Å². The lowest BCUT2D eigenvalue weighted by molar-refractivity contribution is -0.124. The molecular weight excluding hydrogens is 314 g/mol. The summed E-state index contributed by atoms with van der Waals surface area (Å²) in [4.78, 5) is 14.9. The van der Waals surface area contributed by atoms with Crippen LogP contribution in [0.25, 0.3) is 0 Å². The Hall–Kier alpha value is -2.01. The van der Waals surface area contributed by atoms with E-state index in [1.165, 1.54) is 18.4 Å². The van der Waals surface area contributed by atoms with E-state index in [0.717, 1.165) is 38.2 Å². The molecule has 1 aromatic heterocycles. The summed E-state index contributed by atoms with van der Waals surface area (Å²) in [5.41, 5.74) is 1.24. The molecule has 2 heterocycles. The molecule has 1 saturated heterocycles. The summed E-state index contributed by atoms with van der Waals surface area (Å²) < 4.78 is 5.76. The fourth-order valence-corrected chi connectivity index (χ4v) is 3.60. The van der Waals surface area contributed by atoms with E-state index in [4.69, 9.17) is 4.42 Å². The van der Waals surface area contributed by atoms with E-state index in [1.54, 1.807) is 0 Å². The topological polar surface area (TPSA) is 59.2 Å². The number of hydrogen-bond donors (Lipinski definition) is 0. The number of benzene rings is 1. The number of carbonyl (C=O) groups excluding carboxylic acids is 1. The molecule has 1 saturated carbocycles. The summed E-state index contributed by atoms with van der Waals surface area (Å²) in [7, 11) is 0. The van der Waals surface area contributed by atoms with E-state index >= 15 is 0 Å². The maximum absolute atomic E-state index is 12.6.